The lowest BCUT2D eigenvalue weighted by molar-refractivity contribution is 0.289. The Morgan fingerprint density at radius 3 is 1.18 bits per heavy atom. The second-order valence-electron chi connectivity index (χ2n) is 10.7. The third kappa shape index (κ3) is 13.5. The molecule has 0 amide bonds. The van der Waals surface area contributed by atoms with E-state index in [9.17, 15) is 5.11 Å². The Bertz CT molecular complexity index is 531. The first-order valence-electron chi connectivity index (χ1n) is 15.0. The van der Waals surface area contributed by atoms with Gasteiger partial charge in [0.1, 0.15) is 5.75 Å². The van der Waals surface area contributed by atoms with Gasteiger partial charge in [-0.3, -0.25) is 0 Å². The Hall–Kier alpha value is -0.980. The van der Waals surface area contributed by atoms with Gasteiger partial charge in [0.2, 0.25) is 0 Å². The minimum atomic E-state index is 0.171. The number of phenols is 1. The maximum absolute atomic E-state index is 10.9. The maximum Gasteiger partial charge on any atom is 0.119 e. The van der Waals surface area contributed by atoms with Crippen LogP contribution in [-0.2, 0) is 5.41 Å². The van der Waals surface area contributed by atoms with Crippen LogP contribution in [0, 0.1) is 0 Å². The molecule has 1 N–H and O–H groups in total. The third-order valence-corrected chi connectivity index (χ3v) is 7.75. The van der Waals surface area contributed by atoms with Crippen LogP contribution in [0.3, 0.4) is 0 Å². The zero-order valence-electron chi connectivity index (χ0n) is 22.8. The van der Waals surface area contributed by atoms with Gasteiger partial charge < -0.3 is 5.11 Å². The van der Waals surface area contributed by atoms with Crippen LogP contribution >= 0.6 is 0 Å². The molecule has 0 heterocycles. The van der Waals surface area contributed by atoms with Crippen molar-refractivity contribution in [1.29, 1.82) is 0 Å². The Labute approximate surface area is 208 Å². The minimum Gasteiger partial charge on any atom is -0.508 e. The van der Waals surface area contributed by atoms with Crippen molar-refractivity contribution < 1.29 is 5.11 Å². The fourth-order valence-corrected chi connectivity index (χ4v) is 5.61. The van der Waals surface area contributed by atoms with Crippen molar-refractivity contribution in [1.82, 2.24) is 0 Å². The lowest BCUT2D eigenvalue weighted by atomic mass is 9.69. The van der Waals surface area contributed by atoms with Crippen LogP contribution < -0.4 is 0 Å². The molecule has 0 radical (unpaired) electrons. The fourth-order valence-electron chi connectivity index (χ4n) is 5.61. The van der Waals surface area contributed by atoms with Crippen LogP contribution in [0.15, 0.2) is 24.3 Å². The molecule has 0 spiro atoms. The molecule has 0 aliphatic carbocycles. The van der Waals surface area contributed by atoms with Crippen molar-refractivity contribution in [2.75, 3.05) is 0 Å². The summed E-state index contributed by atoms with van der Waals surface area (Å²) in [7, 11) is 0. The Balaban J connectivity index is 2.78. The Morgan fingerprint density at radius 1 is 0.485 bits per heavy atom. The summed E-state index contributed by atoms with van der Waals surface area (Å²) < 4.78 is 0. The van der Waals surface area contributed by atoms with Gasteiger partial charge in [0, 0.05) is 5.56 Å². The first-order chi connectivity index (χ1) is 16.2. The molecule has 0 atom stereocenters. The predicted molar refractivity (Wildman–Crippen MR) is 148 cm³/mol. The zero-order valence-corrected chi connectivity index (χ0v) is 22.8. The van der Waals surface area contributed by atoms with E-state index in [4.69, 9.17) is 0 Å². The summed E-state index contributed by atoms with van der Waals surface area (Å²) in [6, 6.07) is 8.31. The molecule has 1 rings (SSSR count). The van der Waals surface area contributed by atoms with Gasteiger partial charge >= 0.3 is 0 Å². The van der Waals surface area contributed by atoms with Crippen LogP contribution in [0.25, 0.3) is 0 Å². The summed E-state index contributed by atoms with van der Waals surface area (Å²) in [6.45, 7) is 6.89. The highest BCUT2D eigenvalue weighted by Gasteiger charge is 2.32. The molecule has 0 fully saturated rings. The van der Waals surface area contributed by atoms with E-state index < -0.39 is 0 Å². The summed E-state index contributed by atoms with van der Waals surface area (Å²) in [5.41, 5.74) is 1.42. The van der Waals surface area contributed by atoms with Crippen molar-refractivity contribution in [3.63, 3.8) is 0 Å². The minimum absolute atomic E-state index is 0.171. The van der Waals surface area contributed by atoms with Crippen molar-refractivity contribution in [2.45, 2.75) is 167 Å². The molecular weight excluding hydrogens is 400 g/mol. The number of phenolic OH excluding ortho intramolecular Hbond substituents is 1. The lowest BCUT2D eigenvalue weighted by Gasteiger charge is -2.36. The molecule has 1 aromatic rings. The highest BCUT2D eigenvalue weighted by Crippen LogP contribution is 2.44. The molecule has 0 saturated heterocycles. The Morgan fingerprint density at radius 2 is 0.818 bits per heavy atom. The second kappa shape index (κ2) is 20.4. The number of unbranched alkanes of at least 4 members (excludes halogenated alkanes) is 16. The van der Waals surface area contributed by atoms with E-state index >= 15 is 0 Å². The molecule has 0 aliphatic heterocycles. The van der Waals surface area contributed by atoms with E-state index in [0.717, 1.165) is 0 Å². The standard InChI is InChI=1S/C32H58O/c1-4-7-10-13-15-18-23-28-32(27-22-17-12-9-6-3,30-25-20-21-26-31(30)33)29-24-19-16-14-11-8-5-2/h20-21,25-26,33H,4-19,22-24,27-29H2,1-3H3. The topological polar surface area (TPSA) is 20.2 Å². The molecule has 0 aromatic heterocycles. The van der Waals surface area contributed by atoms with E-state index in [-0.39, 0.29) is 5.41 Å². The molecule has 0 bridgehead atoms. The van der Waals surface area contributed by atoms with E-state index in [2.05, 4.69) is 32.9 Å². The molecule has 33 heavy (non-hydrogen) atoms. The van der Waals surface area contributed by atoms with Crippen LogP contribution in [0.1, 0.15) is 168 Å². The molecule has 1 nitrogen and oxygen atoms in total. The zero-order chi connectivity index (χ0) is 24.0. The van der Waals surface area contributed by atoms with E-state index in [0.29, 0.717) is 5.75 Å². The molecule has 0 unspecified atom stereocenters. The largest absolute Gasteiger partial charge is 0.508 e. The first kappa shape index (κ1) is 30.1. The normalized spacial score (nSPS) is 11.8. The molecule has 0 aliphatic rings. The highest BCUT2D eigenvalue weighted by molar-refractivity contribution is 5.38. The quantitative estimate of drug-likeness (QED) is 0.162. The van der Waals surface area contributed by atoms with Crippen LogP contribution in [-0.4, -0.2) is 5.11 Å². The number of hydrogen-bond acceptors (Lipinski definition) is 1. The van der Waals surface area contributed by atoms with E-state index in [1.807, 2.05) is 12.1 Å². The summed E-state index contributed by atoms with van der Waals surface area (Å²) in [4.78, 5) is 0. The molecule has 0 saturated carbocycles. The van der Waals surface area contributed by atoms with Gasteiger partial charge in [-0.05, 0) is 30.7 Å². The third-order valence-electron chi connectivity index (χ3n) is 7.75. The fraction of sp³-hybridized carbons (Fsp3) is 0.812. The van der Waals surface area contributed by atoms with Gasteiger partial charge in [-0.15, -0.1) is 0 Å². The maximum atomic E-state index is 10.9. The summed E-state index contributed by atoms with van der Waals surface area (Å²) in [6.07, 6.45) is 29.5. The van der Waals surface area contributed by atoms with Crippen LogP contribution in [0.5, 0.6) is 5.75 Å². The van der Waals surface area contributed by atoms with Gasteiger partial charge in [-0.25, -0.2) is 0 Å². The number of rotatable bonds is 23. The monoisotopic (exact) mass is 458 g/mol. The SMILES string of the molecule is CCCCCCCCCC(CCCCCCC)(CCCCCCCCC)c1ccccc1O. The van der Waals surface area contributed by atoms with Crippen molar-refractivity contribution in [3.8, 4) is 5.75 Å². The molecule has 192 valence electrons. The Kier molecular flexibility index (Phi) is 18.6. The molecule has 1 heteroatoms. The van der Waals surface area contributed by atoms with Crippen molar-refractivity contribution in [2.24, 2.45) is 0 Å². The number of benzene rings is 1. The summed E-state index contributed by atoms with van der Waals surface area (Å²) in [5.74, 6) is 0.539. The van der Waals surface area contributed by atoms with Crippen LogP contribution in [0.4, 0.5) is 0 Å². The number of aromatic hydroxyl groups is 1. The predicted octanol–water partition coefficient (Wildman–Crippen LogP) is 11.3. The molecule has 1 aromatic carbocycles. The number of para-hydroxylation sites is 1. The number of hydrogen-bond donors (Lipinski definition) is 1. The summed E-state index contributed by atoms with van der Waals surface area (Å²) >= 11 is 0. The average molecular weight is 459 g/mol. The van der Waals surface area contributed by atoms with E-state index in [1.165, 1.54) is 147 Å². The van der Waals surface area contributed by atoms with Gasteiger partial charge in [0.15, 0.2) is 0 Å². The average Bonchev–Trinajstić information content (AvgIpc) is 2.82. The first-order valence-corrected chi connectivity index (χ1v) is 15.0. The smallest absolute Gasteiger partial charge is 0.119 e. The highest BCUT2D eigenvalue weighted by atomic mass is 16.3. The second-order valence-corrected chi connectivity index (χ2v) is 10.7. The van der Waals surface area contributed by atoms with E-state index in [1.54, 1.807) is 0 Å². The van der Waals surface area contributed by atoms with Gasteiger partial charge in [0.05, 0.1) is 0 Å². The molecular formula is C32H58O. The van der Waals surface area contributed by atoms with Crippen molar-refractivity contribution in [3.05, 3.63) is 29.8 Å². The van der Waals surface area contributed by atoms with Crippen molar-refractivity contribution >= 4 is 0 Å². The summed E-state index contributed by atoms with van der Waals surface area (Å²) in [5, 5.41) is 10.9. The van der Waals surface area contributed by atoms with Gasteiger partial charge in [-0.2, -0.15) is 0 Å². The lowest BCUT2D eigenvalue weighted by Crippen LogP contribution is -2.27. The van der Waals surface area contributed by atoms with Gasteiger partial charge in [-0.1, -0.05) is 161 Å². The van der Waals surface area contributed by atoms with Crippen LogP contribution in [0.2, 0.25) is 0 Å². The van der Waals surface area contributed by atoms with Gasteiger partial charge in [0.25, 0.3) is 0 Å².